The summed E-state index contributed by atoms with van der Waals surface area (Å²) in [6.45, 7) is 2.11. The number of aryl methyl sites for hydroxylation is 1. The van der Waals surface area contributed by atoms with Crippen molar-refractivity contribution >= 4 is 17.6 Å². The molecule has 0 spiro atoms. The fraction of sp³-hybridized carbons (Fsp3) is 0.154. The summed E-state index contributed by atoms with van der Waals surface area (Å²) >= 11 is 0. The van der Waals surface area contributed by atoms with E-state index in [1.807, 2.05) is 24.3 Å². The summed E-state index contributed by atoms with van der Waals surface area (Å²) in [4.78, 5) is 16.2. The molecule has 3 rings (SSSR count). The van der Waals surface area contributed by atoms with Gasteiger partial charge in [0.15, 0.2) is 0 Å². The second-order valence-electron chi connectivity index (χ2n) is 4.33. The molecule has 0 amide bonds. The zero-order chi connectivity index (χ0) is 14.7. The van der Waals surface area contributed by atoms with Crippen LogP contribution in [0, 0.1) is 0 Å². The molecule has 106 valence electrons. The molecule has 21 heavy (non-hydrogen) atoms. The number of aromatic nitrogens is 6. The van der Waals surface area contributed by atoms with Crippen molar-refractivity contribution in [2.24, 2.45) is 0 Å². The number of nitrogen functional groups attached to an aromatic ring is 1. The van der Waals surface area contributed by atoms with Crippen LogP contribution in [0.2, 0.25) is 0 Å². The van der Waals surface area contributed by atoms with Crippen LogP contribution in [0.25, 0.3) is 5.95 Å². The van der Waals surface area contributed by atoms with Gasteiger partial charge in [-0.25, -0.2) is 4.98 Å². The number of hydrogen-bond acceptors (Lipinski definition) is 7. The summed E-state index contributed by atoms with van der Waals surface area (Å²) in [5.41, 5.74) is 7.84. The van der Waals surface area contributed by atoms with E-state index >= 15 is 0 Å². The highest BCUT2D eigenvalue weighted by atomic mass is 15.4. The standard InChI is InChI=1S/C13H14N8/c1-2-9-3-5-10(6-4-9)17-12-18-11(14)19-13(20-12)21-8-15-7-16-21/h3-8H,2H2,1H3,(H3,14,17,18,19,20). The molecule has 0 saturated carbocycles. The predicted octanol–water partition coefficient (Wildman–Crippen LogP) is 1.34. The van der Waals surface area contributed by atoms with E-state index < -0.39 is 0 Å². The van der Waals surface area contributed by atoms with Gasteiger partial charge < -0.3 is 11.1 Å². The van der Waals surface area contributed by atoms with Gasteiger partial charge in [-0.05, 0) is 24.1 Å². The Bertz CT molecular complexity index is 720. The van der Waals surface area contributed by atoms with Crippen LogP contribution in [0.1, 0.15) is 12.5 Å². The van der Waals surface area contributed by atoms with Crippen LogP contribution < -0.4 is 11.1 Å². The fourth-order valence-electron chi connectivity index (χ4n) is 1.80. The largest absolute Gasteiger partial charge is 0.368 e. The Morgan fingerprint density at radius 1 is 1.14 bits per heavy atom. The van der Waals surface area contributed by atoms with Crippen molar-refractivity contribution in [1.29, 1.82) is 0 Å². The van der Waals surface area contributed by atoms with E-state index in [1.54, 1.807) is 0 Å². The van der Waals surface area contributed by atoms with E-state index in [-0.39, 0.29) is 5.95 Å². The molecule has 0 atom stereocenters. The summed E-state index contributed by atoms with van der Waals surface area (Å²) < 4.78 is 1.42. The molecule has 0 bridgehead atoms. The smallest absolute Gasteiger partial charge is 0.258 e. The Labute approximate surface area is 121 Å². The first-order chi connectivity index (χ1) is 10.2. The summed E-state index contributed by atoms with van der Waals surface area (Å²) in [6, 6.07) is 8.03. The van der Waals surface area contributed by atoms with Crippen molar-refractivity contribution in [3.05, 3.63) is 42.5 Å². The first-order valence-electron chi connectivity index (χ1n) is 6.47. The normalized spacial score (nSPS) is 10.5. The van der Waals surface area contributed by atoms with Crippen LogP contribution in [0.4, 0.5) is 17.6 Å². The number of hydrogen-bond donors (Lipinski definition) is 2. The van der Waals surface area contributed by atoms with E-state index in [0.717, 1.165) is 12.1 Å². The predicted molar refractivity (Wildman–Crippen MR) is 78.3 cm³/mol. The van der Waals surface area contributed by atoms with E-state index in [9.17, 15) is 0 Å². The van der Waals surface area contributed by atoms with Gasteiger partial charge in [0.05, 0.1) is 0 Å². The van der Waals surface area contributed by atoms with Crippen molar-refractivity contribution < 1.29 is 0 Å². The number of nitrogens with two attached hydrogens (primary N) is 1. The summed E-state index contributed by atoms with van der Waals surface area (Å²) in [5.74, 6) is 0.785. The molecule has 0 aliphatic rings. The van der Waals surface area contributed by atoms with Gasteiger partial charge >= 0.3 is 0 Å². The Morgan fingerprint density at radius 3 is 2.62 bits per heavy atom. The lowest BCUT2D eigenvalue weighted by molar-refractivity contribution is 0.800. The highest BCUT2D eigenvalue weighted by Gasteiger charge is 2.07. The fourth-order valence-corrected chi connectivity index (χ4v) is 1.80. The molecule has 0 radical (unpaired) electrons. The maximum Gasteiger partial charge on any atom is 0.258 e. The Kier molecular flexibility index (Phi) is 3.42. The average molecular weight is 282 g/mol. The molecule has 0 unspecified atom stereocenters. The van der Waals surface area contributed by atoms with Crippen LogP contribution in [0.3, 0.4) is 0 Å². The van der Waals surface area contributed by atoms with Gasteiger partial charge in [-0.2, -0.15) is 24.7 Å². The molecule has 0 fully saturated rings. The third-order valence-electron chi connectivity index (χ3n) is 2.88. The molecule has 1 aromatic carbocycles. The number of anilines is 3. The van der Waals surface area contributed by atoms with Crippen LogP contribution in [-0.4, -0.2) is 29.7 Å². The minimum atomic E-state index is 0.114. The maximum absolute atomic E-state index is 5.70. The van der Waals surface area contributed by atoms with Gasteiger partial charge in [-0.3, -0.25) is 0 Å². The van der Waals surface area contributed by atoms with Crippen LogP contribution in [0.15, 0.2) is 36.9 Å². The first kappa shape index (κ1) is 13.0. The molecule has 0 saturated heterocycles. The highest BCUT2D eigenvalue weighted by molar-refractivity contribution is 5.54. The molecular weight excluding hydrogens is 268 g/mol. The molecular formula is C13H14N8. The van der Waals surface area contributed by atoms with E-state index in [4.69, 9.17) is 5.73 Å². The Morgan fingerprint density at radius 2 is 1.95 bits per heavy atom. The average Bonchev–Trinajstić information content (AvgIpc) is 3.02. The summed E-state index contributed by atoms with van der Waals surface area (Å²) in [7, 11) is 0. The van der Waals surface area contributed by atoms with Crippen LogP contribution in [-0.2, 0) is 6.42 Å². The topological polar surface area (TPSA) is 107 Å². The molecule has 2 heterocycles. The molecule has 8 nitrogen and oxygen atoms in total. The highest BCUT2D eigenvalue weighted by Crippen LogP contribution is 2.15. The third kappa shape index (κ3) is 2.94. The number of nitrogens with one attached hydrogen (secondary N) is 1. The van der Waals surface area contributed by atoms with Gasteiger partial charge in [0.2, 0.25) is 11.9 Å². The minimum absolute atomic E-state index is 0.114. The lowest BCUT2D eigenvalue weighted by Gasteiger charge is -2.07. The van der Waals surface area contributed by atoms with Gasteiger partial charge in [-0.15, -0.1) is 0 Å². The molecule has 3 aromatic rings. The molecule has 8 heteroatoms. The molecule has 0 aliphatic carbocycles. The second kappa shape index (κ2) is 5.53. The van der Waals surface area contributed by atoms with E-state index in [1.165, 1.54) is 22.9 Å². The molecule has 0 aliphatic heterocycles. The van der Waals surface area contributed by atoms with E-state index in [2.05, 4.69) is 37.3 Å². The zero-order valence-corrected chi connectivity index (χ0v) is 11.4. The van der Waals surface area contributed by atoms with Crippen molar-refractivity contribution in [1.82, 2.24) is 29.7 Å². The van der Waals surface area contributed by atoms with Gasteiger partial charge in [0.1, 0.15) is 12.7 Å². The van der Waals surface area contributed by atoms with Crippen molar-refractivity contribution in [3.8, 4) is 5.95 Å². The van der Waals surface area contributed by atoms with Crippen molar-refractivity contribution in [3.63, 3.8) is 0 Å². The summed E-state index contributed by atoms with van der Waals surface area (Å²) in [5, 5.41) is 7.06. The number of benzene rings is 1. The number of nitrogens with zero attached hydrogens (tertiary/aromatic N) is 6. The monoisotopic (exact) mass is 282 g/mol. The zero-order valence-electron chi connectivity index (χ0n) is 11.4. The van der Waals surface area contributed by atoms with Crippen molar-refractivity contribution in [2.45, 2.75) is 13.3 Å². The first-order valence-corrected chi connectivity index (χ1v) is 6.47. The summed E-state index contributed by atoms with van der Waals surface area (Å²) in [6.07, 6.45) is 3.89. The SMILES string of the molecule is CCc1ccc(Nc2nc(N)nc(-n3cncn3)n2)cc1. The lowest BCUT2D eigenvalue weighted by atomic mass is 10.1. The minimum Gasteiger partial charge on any atom is -0.368 e. The lowest BCUT2D eigenvalue weighted by Crippen LogP contribution is -2.09. The van der Waals surface area contributed by atoms with Crippen LogP contribution >= 0.6 is 0 Å². The van der Waals surface area contributed by atoms with Crippen LogP contribution in [0.5, 0.6) is 0 Å². The third-order valence-corrected chi connectivity index (χ3v) is 2.88. The van der Waals surface area contributed by atoms with Gasteiger partial charge in [0.25, 0.3) is 5.95 Å². The Balaban J connectivity index is 1.88. The van der Waals surface area contributed by atoms with Gasteiger partial charge in [0, 0.05) is 5.69 Å². The molecule has 2 aromatic heterocycles. The van der Waals surface area contributed by atoms with E-state index in [0.29, 0.717) is 11.9 Å². The second-order valence-corrected chi connectivity index (χ2v) is 4.33. The maximum atomic E-state index is 5.70. The quantitative estimate of drug-likeness (QED) is 0.743. The van der Waals surface area contributed by atoms with Gasteiger partial charge in [-0.1, -0.05) is 19.1 Å². The Hall–Kier alpha value is -3.03. The molecule has 3 N–H and O–H groups in total. The van der Waals surface area contributed by atoms with Crippen molar-refractivity contribution in [2.75, 3.05) is 11.1 Å². The number of rotatable bonds is 4.